The minimum atomic E-state index is -0.571. The molecule has 0 aliphatic carbocycles. The van der Waals surface area contributed by atoms with Gasteiger partial charge in [-0.05, 0) is 34.5 Å². The number of imidazole rings is 1. The van der Waals surface area contributed by atoms with E-state index < -0.39 is 6.09 Å². The van der Waals surface area contributed by atoms with E-state index in [2.05, 4.69) is 26.2 Å². The molecule has 1 aromatic carbocycles. The number of anilines is 1. The molecule has 1 N–H and O–H groups in total. The zero-order valence-electron chi connectivity index (χ0n) is 9.05. The number of rotatable bonds is 2. The molecule has 0 atom stereocenters. The minimum Gasteiger partial charge on any atom is -0.315 e. The van der Waals surface area contributed by atoms with E-state index in [0.717, 1.165) is 5.56 Å². The minimum absolute atomic E-state index is 0.428. The van der Waals surface area contributed by atoms with E-state index >= 15 is 0 Å². The molecule has 0 saturated carbocycles. The number of carbonyl (C=O) groups excluding carboxylic acids is 1. The second-order valence-corrected chi connectivity index (χ2v) is 4.05. The normalized spacial score (nSPS) is 10.0. The first-order valence-electron chi connectivity index (χ1n) is 4.90. The highest BCUT2D eigenvalue weighted by Gasteiger charge is 2.08. The molecule has 1 heterocycles. The molecule has 88 valence electrons. The molecular formula is C11H10BrN3O2. The van der Waals surface area contributed by atoms with Gasteiger partial charge < -0.3 is 4.84 Å². The van der Waals surface area contributed by atoms with Crippen LogP contribution in [-0.4, -0.2) is 15.8 Å². The van der Waals surface area contributed by atoms with Gasteiger partial charge in [-0.15, -0.1) is 0 Å². The van der Waals surface area contributed by atoms with Crippen LogP contribution in [0.25, 0.3) is 0 Å². The highest BCUT2D eigenvalue weighted by atomic mass is 79.9. The van der Waals surface area contributed by atoms with E-state index in [1.165, 1.54) is 17.1 Å². The van der Waals surface area contributed by atoms with Crippen LogP contribution < -0.4 is 10.2 Å². The van der Waals surface area contributed by atoms with Crippen molar-refractivity contribution in [2.75, 3.05) is 5.32 Å². The van der Waals surface area contributed by atoms with Crippen molar-refractivity contribution in [3.05, 3.63) is 47.0 Å². The number of para-hydroxylation sites is 1. The maximum absolute atomic E-state index is 11.6. The Kier molecular flexibility index (Phi) is 3.43. The largest absolute Gasteiger partial charge is 0.436 e. The van der Waals surface area contributed by atoms with Gasteiger partial charge in [-0.25, -0.2) is 9.78 Å². The van der Waals surface area contributed by atoms with E-state index in [1.807, 2.05) is 25.1 Å². The Bertz CT molecular complexity index is 539. The third-order valence-corrected chi connectivity index (χ3v) is 2.68. The van der Waals surface area contributed by atoms with E-state index in [0.29, 0.717) is 10.4 Å². The number of nitrogens with zero attached hydrogens (tertiary/aromatic N) is 2. The molecule has 0 unspecified atom stereocenters. The van der Waals surface area contributed by atoms with Gasteiger partial charge in [0.25, 0.3) is 0 Å². The van der Waals surface area contributed by atoms with Crippen molar-refractivity contribution in [1.29, 1.82) is 0 Å². The molecule has 0 spiro atoms. The summed E-state index contributed by atoms with van der Waals surface area (Å²) in [5, 5.41) is 2.65. The van der Waals surface area contributed by atoms with Crippen LogP contribution in [0.5, 0.6) is 0 Å². The molecule has 0 aliphatic heterocycles. The number of aromatic nitrogens is 2. The quantitative estimate of drug-likeness (QED) is 0.926. The topological polar surface area (TPSA) is 56.1 Å². The Morgan fingerprint density at radius 3 is 2.88 bits per heavy atom. The molecule has 0 bridgehead atoms. The predicted octanol–water partition coefficient (Wildman–Crippen LogP) is 2.61. The standard InChI is InChI=1S/C11H10BrN3O2/c1-8-4-2-3-5-9(8)14-11(16)17-15-7-6-13-10(15)12/h2-7H,1H3,(H,14,16). The predicted molar refractivity (Wildman–Crippen MR) is 66.7 cm³/mol. The van der Waals surface area contributed by atoms with Crippen molar-refractivity contribution >= 4 is 27.7 Å². The first kappa shape index (κ1) is 11.7. The summed E-state index contributed by atoms with van der Waals surface area (Å²) in [4.78, 5) is 20.5. The summed E-state index contributed by atoms with van der Waals surface area (Å²) in [6.07, 6.45) is 2.48. The molecule has 0 aliphatic rings. The molecule has 0 fully saturated rings. The summed E-state index contributed by atoms with van der Waals surface area (Å²) in [5.74, 6) is 0. The maximum Gasteiger partial charge on any atom is 0.436 e. The van der Waals surface area contributed by atoms with Gasteiger partial charge in [-0.1, -0.05) is 18.2 Å². The lowest BCUT2D eigenvalue weighted by atomic mass is 10.2. The van der Waals surface area contributed by atoms with E-state index in [-0.39, 0.29) is 0 Å². The molecule has 2 rings (SSSR count). The number of aryl methyl sites for hydroxylation is 1. The third-order valence-electron chi connectivity index (χ3n) is 2.13. The van der Waals surface area contributed by atoms with Crippen LogP contribution in [0.3, 0.4) is 0 Å². The van der Waals surface area contributed by atoms with E-state index in [4.69, 9.17) is 4.84 Å². The third kappa shape index (κ3) is 2.85. The van der Waals surface area contributed by atoms with Gasteiger partial charge in [-0.2, -0.15) is 4.73 Å². The van der Waals surface area contributed by atoms with Gasteiger partial charge in [0, 0.05) is 11.9 Å². The summed E-state index contributed by atoms with van der Waals surface area (Å²) in [7, 11) is 0. The Labute approximate surface area is 107 Å². The summed E-state index contributed by atoms with van der Waals surface area (Å²) in [6, 6.07) is 7.45. The van der Waals surface area contributed by atoms with Gasteiger partial charge >= 0.3 is 6.09 Å². The number of benzene rings is 1. The average molecular weight is 296 g/mol. The lowest BCUT2D eigenvalue weighted by Gasteiger charge is -2.08. The number of carbonyl (C=O) groups is 1. The highest BCUT2D eigenvalue weighted by Crippen LogP contribution is 2.13. The average Bonchev–Trinajstić information content (AvgIpc) is 2.68. The van der Waals surface area contributed by atoms with Crippen molar-refractivity contribution in [3.8, 4) is 0 Å². The Morgan fingerprint density at radius 1 is 1.47 bits per heavy atom. The fraction of sp³-hybridized carbons (Fsp3) is 0.0909. The highest BCUT2D eigenvalue weighted by molar-refractivity contribution is 9.10. The molecule has 6 heteroatoms. The number of nitrogens with one attached hydrogen (secondary N) is 1. The first-order chi connectivity index (χ1) is 8.16. The Hall–Kier alpha value is -1.82. The first-order valence-corrected chi connectivity index (χ1v) is 5.70. The zero-order chi connectivity index (χ0) is 12.3. The van der Waals surface area contributed by atoms with Crippen LogP contribution in [0.4, 0.5) is 10.5 Å². The summed E-state index contributed by atoms with van der Waals surface area (Å²) in [5.41, 5.74) is 1.68. The number of hydrogen-bond donors (Lipinski definition) is 1. The van der Waals surface area contributed by atoms with E-state index in [9.17, 15) is 4.79 Å². The lowest BCUT2D eigenvalue weighted by molar-refractivity contribution is 0.144. The second kappa shape index (κ2) is 5.01. The lowest BCUT2D eigenvalue weighted by Crippen LogP contribution is -2.25. The van der Waals surface area contributed by atoms with Gasteiger partial charge in [0.15, 0.2) is 0 Å². The van der Waals surface area contributed by atoms with Crippen LogP contribution in [0.15, 0.2) is 41.4 Å². The van der Waals surface area contributed by atoms with Crippen LogP contribution >= 0.6 is 15.9 Å². The molecule has 0 radical (unpaired) electrons. The maximum atomic E-state index is 11.6. The van der Waals surface area contributed by atoms with Crippen LogP contribution in [0, 0.1) is 6.92 Å². The monoisotopic (exact) mass is 295 g/mol. The Morgan fingerprint density at radius 2 is 2.24 bits per heavy atom. The second-order valence-electron chi connectivity index (χ2n) is 3.34. The zero-order valence-corrected chi connectivity index (χ0v) is 10.6. The van der Waals surface area contributed by atoms with Crippen LogP contribution in [-0.2, 0) is 0 Å². The molecule has 0 saturated heterocycles. The van der Waals surface area contributed by atoms with Gasteiger partial charge in [-0.3, -0.25) is 5.32 Å². The van der Waals surface area contributed by atoms with Crippen molar-refractivity contribution in [1.82, 2.24) is 9.71 Å². The molecular weight excluding hydrogens is 286 g/mol. The van der Waals surface area contributed by atoms with Crippen molar-refractivity contribution < 1.29 is 9.63 Å². The molecule has 1 amide bonds. The molecule has 5 nitrogen and oxygen atoms in total. The molecule has 17 heavy (non-hydrogen) atoms. The van der Waals surface area contributed by atoms with Crippen molar-refractivity contribution in [3.63, 3.8) is 0 Å². The number of hydrogen-bond acceptors (Lipinski definition) is 3. The van der Waals surface area contributed by atoms with Crippen molar-refractivity contribution in [2.24, 2.45) is 0 Å². The summed E-state index contributed by atoms with van der Waals surface area (Å²) >= 11 is 3.14. The van der Waals surface area contributed by atoms with Gasteiger partial charge in [0.1, 0.15) is 0 Å². The van der Waals surface area contributed by atoms with Gasteiger partial charge in [0.2, 0.25) is 4.73 Å². The van der Waals surface area contributed by atoms with Crippen molar-refractivity contribution in [2.45, 2.75) is 6.92 Å². The van der Waals surface area contributed by atoms with Gasteiger partial charge in [0.05, 0.1) is 6.20 Å². The number of amides is 1. The molecule has 2 aromatic rings. The fourth-order valence-corrected chi connectivity index (χ4v) is 1.59. The Balaban J connectivity index is 2.03. The van der Waals surface area contributed by atoms with Crippen LogP contribution in [0.2, 0.25) is 0 Å². The SMILES string of the molecule is Cc1ccccc1NC(=O)On1ccnc1Br. The molecule has 1 aromatic heterocycles. The summed E-state index contributed by atoms with van der Waals surface area (Å²) in [6.45, 7) is 1.91. The fourth-order valence-electron chi connectivity index (χ4n) is 1.28. The summed E-state index contributed by atoms with van der Waals surface area (Å²) < 4.78 is 1.66. The smallest absolute Gasteiger partial charge is 0.315 e. The van der Waals surface area contributed by atoms with Crippen LogP contribution in [0.1, 0.15) is 5.56 Å². The van der Waals surface area contributed by atoms with E-state index in [1.54, 1.807) is 6.07 Å². The number of halogens is 1.